The van der Waals surface area contributed by atoms with E-state index < -0.39 is 0 Å². The molecule has 2 amide bonds. The standard InChI is InChI=1S/C16H21N5O2/c22-15-11-7-4-8-21(12(11)9-17-15)16(23)14-13(18-20-19-14)10-5-2-1-3-6-10/h1-3,5-6,11-14,18-20H,4,7-9H2,(H,17,22)/t11-,12-,13?,14?/m1/s1. The second kappa shape index (κ2) is 5.92. The maximum absolute atomic E-state index is 13.1. The highest BCUT2D eigenvalue weighted by Gasteiger charge is 2.46. The van der Waals surface area contributed by atoms with Crippen molar-refractivity contribution in [3.63, 3.8) is 0 Å². The molecule has 3 heterocycles. The van der Waals surface area contributed by atoms with Gasteiger partial charge in [0.15, 0.2) is 0 Å². The van der Waals surface area contributed by atoms with Gasteiger partial charge in [0, 0.05) is 13.1 Å². The summed E-state index contributed by atoms with van der Waals surface area (Å²) < 4.78 is 0. The van der Waals surface area contributed by atoms with Crippen LogP contribution >= 0.6 is 0 Å². The van der Waals surface area contributed by atoms with Crippen molar-refractivity contribution >= 4 is 11.8 Å². The lowest BCUT2D eigenvalue weighted by molar-refractivity contribution is -0.139. The van der Waals surface area contributed by atoms with Gasteiger partial charge in [-0.25, -0.2) is 10.9 Å². The van der Waals surface area contributed by atoms with Gasteiger partial charge in [0.2, 0.25) is 11.8 Å². The molecule has 3 fully saturated rings. The molecular formula is C16H21N5O2. The van der Waals surface area contributed by atoms with Gasteiger partial charge >= 0.3 is 0 Å². The molecule has 122 valence electrons. The first-order valence-corrected chi connectivity index (χ1v) is 8.15. The smallest absolute Gasteiger partial charge is 0.243 e. The minimum atomic E-state index is -0.383. The molecule has 23 heavy (non-hydrogen) atoms. The SMILES string of the molecule is O=C1NC[C@@H]2[C@H]1CCCN2C(=O)C1NNNC1c1ccccc1. The van der Waals surface area contributed by atoms with Crippen LogP contribution < -0.4 is 21.7 Å². The van der Waals surface area contributed by atoms with Crippen molar-refractivity contribution in [3.8, 4) is 0 Å². The van der Waals surface area contributed by atoms with E-state index in [1.807, 2.05) is 35.2 Å². The Hall–Kier alpha value is -1.96. The van der Waals surface area contributed by atoms with E-state index >= 15 is 0 Å². The van der Waals surface area contributed by atoms with Gasteiger partial charge < -0.3 is 10.2 Å². The number of amides is 2. The predicted molar refractivity (Wildman–Crippen MR) is 83.6 cm³/mol. The average molecular weight is 315 g/mol. The molecule has 0 radical (unpaired) electrons. The van der Waals surface area contributed by atoms with Crippen LogP contribution in [0.15, 0.2) is 30.3 Å². The third-order valence-electron chi connectivity index (χ3n) is 5.10. The highest BCUT2D eigenvalue weighted by molar-refractivity contribution is 5.87. The van der Waals surface area contributed by atoms with Crippen LogP contribution in [0.1, 0.15) is 24.4 Å². The number of carbonyl (C=O) groups is 2. The second-order valence-electron chi connectivity index (χ2n) is 6.37. The highest BCUT2D eigenvalue weighted by Crippen LogP contribution is 2.29. The molecule has 1 aromatic carbocycles. The van der Waals surface area contributed by atoms with Gasteiger partial charge in [-0.2, -0.15) is 5.53 Å². The van der Waals surface area contributed by atoms with Crippen LogP contribution in [0.3, 0.4) is 0 Å². The summed E-state index contributed by atoms with van der Waals surface area (Å²) >= 11 is 0. The molecule has 3 saturated heterocycles. The van der Waals surface area contributed by atoms with Crippen LogP contribution in [0.5, 0.6) is 0 Å². The number of piperidine rings is 1. The first-order valence-electron chi connectivity index (χ1n) is 8.15. The number of likely N-dealkylation sites (tertiary alicyclic amines) is 1. The van der Waals surface area contributed by atoms with Gasteiger partial charge in [0.25, 0.3) is 0 Å². The van der Waals surface area contributed by atoms with E-state index in [4.69, 9.17) is 0 Å². The molecule has 0 aromatic heterocycles. The van der Waals surface area contributed by atoms with Crippen molar-refractivity contribution in [2.24, 2.45) is 5.92 Å². The topological polar surface area (TPSA) is 85.5 Å². The van der Waals surface area contributed by atoms with Crippen molar-refractivity contribution in [3.05, 3.63) is 35.9 Å². The fraction of sp³-hybridized carbons (Fsp3) is 0.500. The van der Waals surface area contributed by atoms with Crippen LogP contribution in [-0.4, -0.2) is 41.9 Å². The number of benzene rings is 1. The first-order chi connectivity index (χ1) is 11.3. The second-order valence-corrected chi connectivity index (χ2v) is 6.37. The molecule has 4 N–H and O–H groups in total. The number of hydrogen-bond acceptors (Lipinski definition) is 5. The van der Waals surface area contributed by atoms with Crippen LogP contribution in [-0.2, 0) is 9.59 Å². The molecule has 4 rings (SSSR count). The Morgan fingerprint density at radius 3 is 2.83 bits per heavy atom. The van der Waals surface area contributed by atoms with Gasteiger partial charge in [0.05, 0.1) is 18.0 Å². The zero-order valence-corrected chi connectivity index (χ0v) is 12.8. The summed E-state index contributed by atoms with van der Waals surface area (Å²) in [5.41, 5.74) is 10.1. The summed E-state index contributed by atoms with van der Waals surface area (Å²) in [6, 6.07) is 9.38. The van der Waals surface area contributed by atoms with Gasteiger partial charge in [-0.1, -0.05) is 30.3 Å². The molecule has 3 aliphatic heterocycles. The Balaban J connectivity index is 1.55. The average Bonchev–Trinajstić information content (AvgIpc) is 3.22. The number of hydrogen-bond donors (Lipinski definition) is 4. The quantitative estimate of drug-likeness (QED) is 0.588. The Morgan fingerprint density at radius 2 is 2.00 bits per heavy atom. The van der Waals surface area contributed by atoms with E-state index in [1.165, 1.54) is 0 Å². The van der Waals surface area contributed by atoms with E-state index in [-0.39, 0.29) is 35.9 Å². The minimum Gasteiger partial charge on any atom is -0.354 e. The summed E-state index contributed by atoms with van der Waals surface area (Å²) in [6.07, 6.45) is 1.75. The molecule has 7 heteroatoms. The molecule has 0 saturated carbocycles. The number of nitrogens with one attached hydrogen (secondary N) is 4. The summed E-state index contributed by atoms with van der Waals surface area (Å²) in [5.74, 6) is 0.0792. The van der Waals surface area contributed by atoms with Crippen molar-refractivity contribution in [2.75, 3.05) is 13.1 Å². The third-order valence-corrected chi connectivity index (χ3v) is 5.10. The number of carbonyl (C=O) groups excluding carboxylic acids is 2. The third kappa shape index (κ3) is 2.50. The van der Waals surface area contributed by atoms with Gasteiger partial charge in [-0.15, -0.1) is 0 Å². The van der Waals surface area contributed by atoms with E-state index in [0.717, 1.165) is 18.4 Å². The fourth-order valence-corrected chi connectivity index (χ4v) is 3.91. The molecule has 4 atom stereocenters. The van der Waals surface area contributed by atoms with Crippen molar-refractivity contribution < 1.29 is 9.59 Å². The van der Waals surface area contributed by atoms with Gasteiger partial charge in [-0.05, 0) is 18.4 Å². The molecule has 0 spiro atoms. The molecule has 3 aliphatic rings. The minimum absolute atomic E-state index is 0.0115. The molecule has 0 aliphatic carbocycles. The summed E-state index contributed by atoms with van der Waals surface area (Å²) in [7, 11) is 0. The molecule has 2 unspecified atom stereocenters. The monoisotopic (exact) mass is 315 g/mol. The lowest BCUT2D eigenvalue weighted by atomic mass is 9.90. The lowest BCUT2D eigenvalue weighted by Crippen LogP contribution is -2.55. The van der Waals surface area contributed by atoms with E-state index in [9.17, 15) is 9.59 Å². The lowest BCUT2D eigenvalue weighted by Gasteiger charge is -2.38. The summed E-state index contributed by atoms with van der Waals surface area (Å²) in [6.45, 7) is 1.29. The Labute approximate surface area is 134 Å². The first kappa shape index (κ1) is 14.6. The maximum atomic E-state index is 13.1. The Morgan fingerprint density at radius 1 is 1.17 bits per heavy atom. The van der Waals surface area contributed by atoms with Crippen molar-refractivity contribution in [2.45, 2.75) is 31.0 Å². The number of hydrazine groups is 2. The fourth-order valence-electron chi connectivity index (χ4n) is 3.91. The van der Waals surface area contributed by atoms with Crippen LogP contribution in [0.2, 0.25) is 0 Å². The van der Waals surface area contributed by atoms with E-state index in [2.05, 4.69) is 21.7 Å². The number of nitrogens with zero attached hydrogens (tertiary/aromatic N) is 1. The molecule has 7 nitrogen and oxygen atoms in total. The van der Waals surface area contributed by atoms with Crippen molar-refractivity contribution in [1.29, 1.82) is 0 Å². The zero-order valence-electron chi connectivity index (χ0n) is 12.8. The van der Waals surface area contributed by atoms with E-state index in [0.29, 0.717) is 13.1 Å². The summed E-state index contributed by atoms with van der Waals surface area (Å²) in [4.78, 5) is 26.9. The van der Waals surface area contributed by atoms with Crippen LogP contribution in [0, 0.1) is 5.92 Å². The predicted octanol–water partition coefficient (Wildman–Crippen LogP) is -0.554. The molecular weight excluding hydrogens is 294 g/mol. The maximum Gasteiger partial charge on any atom is 0.243 e. The van der Waals surface area contributed by atoms with E-state index in [1.54, 1.807) is 0 Å². The number of fused-ring (bicyclic) bond motifs is 1. The Bertz CT molecular complexity index is 608. The summed E-state index contributed by atoms with van der Waals surface area (Å²) in [5, 5.41) is 2.90. The zero-order chi connectivity index (χ0) is 15.8. The van der Waals surface area contributed by atoms with Gasteiger partial charge in [0.1, 0.15) is 6.04 Å². The van der Waals surface area contributed by atoms with Crippen molar-refractivity contribution in [1.82, 2.24) is 26.6 Å². The van der Waals surface area contributed by atoms with Crippen LogP contribution in [0.25, 0.3) is 0 Å². The number of rotatable bonds is 2. The molecule has 0 bridgehead atoms. The van der Waals surface area contributed by atoms with Gasteiger partial charge in [-0.3, -0.25) is 9.59 Å². The Kier molecular flexibility index (Phi) is 3.76. The molecule has 1 aromatic rings. The van der Waals surface area contributed by atoms with Crippen LogP contribution in [0.4, 0.5) is 0 Å². The largest absolute Gasteiger partial charge is 0.354 e. The normalized spacial score (nSPS) is 33.4. The highest BCUT2D eigenvalue weighted by atomic mass is 16.2.